The lowest BCUT2D eigenvalue weighted by Crippen LogP contribution is -2.31. The van der Waals surface area contributed by atoms with E-state index >= 15 is 0 Å². The fraction of sp³-hybridized carbons (Fsp3) is 0.346. The van der Waals surface area contributed by atoms with E-state index in [1.165, 1.54) is 0 Å². The van der Waals surface area contributed by atoms with Crippen LogP contribution in [-0.2, 0) is 9.53 Å². The average molecular weight is 465 g/mol. The van der Waals surface area contributed by atoms with Crippen molar-refractivity contribution in [3.05, 3.63) is 75.1 Å². The molecule has 2 aromatic carbocycles. The number of carbonyl (C=O) groups is 2. The molecule has 0 saturated heterocycles. The Labute approximate surface area is 197 Å². The molecule has 1 aliphatic heterocycles. The van der Waals surface area contributed by atoms with E-state index in [4.69, 9.17) is 19.6 Å². The highest BCUT2D eigenvalue weighted by Gasteiger charge is 2.42. The van der Waals surface area contributed by atoms with Crippen LogP contribution in [0.25, 0.3) is 11.0 Å². The number of nitrogens with zero attached hydrogens (tertiary/aromatic N) is 1. The third-order valence-electron chi connectivity index (χ3n) is 5.69. The Bertz CT molecular complexity index is 1280. The van der Waals surface area contributed by atoms with Crippen molar-refractivity contribution in [2.75, 3.05) is 19.8 Å². The molecule has 4 rings (SSSR count). The molecule has 0 aliphatic carbocycles. The summed E-state index contributed by atoms with van der Waals surface area (Å²) in [6.45, 7) is 6.47. The van der Waals surface area contributed by atoms with Gasteiger partial charge in [-0.15, -0.1) is 0 Å². The van der Waals surface area contributed by atoms with Crippen LogP contribution in [0.3, 0.4) is 0 Å². The van der Waals surface area contributed by atoms with Crippen LogP contribution in [0.4, 0.5) is 0 Å². The highest BCUT2D eigenvalue weighted by atomic mass is 16.5. The summed E-state index contributed by atoms with van der Waals surface area (Å²) in [5.41, 5.74) is 7.32. The lowest BCUT2D eigenvalue weighted by molar-refractivity contribution is -0.119. The molecule has 8 heteroatoms. The van der Waals surface area contributed by atoms with Gasteiger partial charge in [0.2, 0.25) is 5.76 Å². The molecule has 0 unspecified atom stereocenters. The number of primary amides is 1. The molecule has 8 nitrogen and oxygen atoms in total. The number of carbonyl (C=O) groups excluding carboxylic acids is 2. The van der Waals surface area contributed by atoms with E-state index in [0.29, 0.717) is 41.9 Å². The van der Waals surface area contributed by atoms with Gasteiger partial charge in [0.05, 0.1) is 23.1 Å². The molecule has 0 spiro atoms. The summed E-state index contributed by atoms with van der Waals surface area (Å²) in [6.07, 6.45) is 0.702. The Kier molecular flexibility index (Phi) is 6.70. The molecular weight excluding hydrogens is 436 g/mol. The maximum absolute atomic E-state index is 13.6. The van der Waals surface area contributed by atoms with Gasteiger partial charge in [0.15, 0.2) is 12.0 Å². The van der Waals surface area contributed by atoms with E-state index < -0.39 is 11.9 Å². The number of aryl methyl sites for hydroxylation is 1. The normalized spacial score (nSPS) is 15.2. The van der Waals surface area contributed by atoms with Gasteiger partial charge in [0, 0.05) is 13.2 Å². The Hall–Kier alpha value is -3.65. The van der Waals surface area contributed by atoms with Crippen molar-refractivity contribution in [3.8, 4) is 5.75 Å². The highest BCUT2D eigenvalue weighted by Crippen LogP contribution is 2.38. The van der Waals surface area contributed by atoms with Gasteiger partial charge in [-0.2, -0.15) is 0 Å². The van der Waals surface area contributed by atoms with Crippen LogP contribution in [0.5, 0.6) is 5.75 Å². The monoisotopic (exact) mass is 464 g/mol. The van der Waals surface area contributed by atoms with E-state index in [1.54, 1.807) is 41.3 Å². The van der Waals surface area contributed by atoms with Crippen molar-refractivity contribution >= 4 is 22.8 Å². The highest BCUT2D eigenvalue weighted by molar-refractivity contribution is 5.99. The van der Waals surface area contributed by atoms with Crippen LogP contribution >= 0.6 is 0 Å². The predicted octanol–water partition coefficient (Wildman–Crippen LogP) is 3.33. The first-order valence-corrected chi connectivity index (χ1v) is 11.3. The molecule has 0 saturated carbocycles. The fourth-order valence-corrected chi connectivity index (χ4v) is 4.17. The van der Waals surface area contributed by atoms with Crippen LogP contribution in [0.1, 0.15) is 53.6 Å². The second kappa shape index (κ2) is 9.69. The van der Waals surface area contributed by atoms with Crippen LogP contribution in [0, 0.1) is 6.92 Å². The van der Waals surface area contributed by atoms with Crippen molar-refractivity contribution in [1.29, 1.82) is 0 Å². The van der Waals surface area contributed by atoms with Gasteiger partial charge >= 0.3 is 0 Å². The Morgan fingerprint density at radius 1 is 1.15 bits per heavy atom. The number of rotatable bonds is 9. The number of fused-ring (bicyclic) bond motifs is 2. The second-order valence-electron chi connectivity index (χ2n) is 8.67. The van der Waals surface area contributed by atoms with Crippen LogP contribution < -0.4 is 15.9 Å². The van der Waals surface area contributed by atoms with Gasteiger partial charge in [0.25, 0.3) is 11.8 Å². The smallest absolute Gasteiger partial charge is 0.290 e. The number of hydrogen-bond donors (Lipinski definition) is 1. The number of nitrogens with two attached hydrogens (primary N) is 1. The van der Waals surface area contributed by atoms with Crippen LogP contribution in [0.2, 0.25) is 0 Å². The predicted molar refractivity (Wildman–Crippen MR) is 127 cm³/mol. The van der Waals surface area contributed by atoms with Gasteiger partial charge in [0.1, 0.15) is 11.3 Å². The van der Waals surface area contributed by atoms with E-state index in [1.807, 2.05) is 26.8 Å². The molecular formula is C26H28N2O6. The quantitative estimate of drug-likeness (QED) is 0.486. The minimum Gasteiger partial charge on any atom is -0.484 e. The molecule has 34 heavy (non-hydrogen) atoms. The SMILES string of the molecule is Cc1ccc2oc3c(c(=O)c2c1)[C@@H](c1ccc(OCC(N)=O)cc1)N(CCCOC(C)C)C3=O. The van der Waals surface area contributed by atoms with Crippen molar-refractivity contribution < 1.29 is 23.5 Å². The first-order chi connectivity index (χ1) is 16.3. The third-order valence-corrected chi connectivity index (χ3v) is 5.69. The number of benzene rings is 2. The molecule has 0 radical (unpaired) electrons. The fourth-order valence-electron chi connectivity index (χ4n) is 4.17. The minimum absolute atomic E-state index is 0.0742. The lowest BCUT2D eigenvalue weighted by Gasteiger charge is -2.25. The summed E-state index contributed by atoms with van der Waals surface area (Å²) in [6, 6.07) is 11.7. The number of hydrogen-bond acceptors (Lipinski definition) is 6. The molecule has 1 aromatic heterocycles. The van der Waals surface area contributed by atoms with Crippen molar-refractivity contribution in [1.82, 2.24) is 4.90 Å². The van der Waals surface area contributed by atoms with Crippen LogP contribution in [-0.4, -0.2) is 42.6 Å². The lowest BCUT2D eigenvalue weighted by atomic mass is 9.98. The maximum Gasteiger partial charge on any atom is 0.290 e. The summed E-state index contributed by atoms with van der Waals surface area (Å²) in [7, 11) is 0. The molecule has 0 bridgehead atoms. The van der Waals surface area contributed by atoms with Crippen LogP contribution in [0.15, 0.2) is 51.7 Å². The first-order valence-electron chi connectivity index (χ1n) is 11.3. The second-order valence-corrected chi connectivity index (χ2v) is 8.67. The third kappa shape index (κ3) is 4.68. The summed E-state index contributed by atoms with van der Waals surface area (Å²) in [5.74, 6) is -0.359. The van der Waals surface area contributed by atoms with E-state index in [-0.39, 0.29) is 29.8 Å². The van der Waals surface area contributed by atoms with Gasteiger partial charge in [-0.3, -0.25) is 14.4 Å². The zero-order valence-corrected chi connectivity index (χ0v) is 19.5. The standard InChI is InChI=1S/C26H28N2O6/c1-15(2)32-12-4-11-28-23(17-6-8-18(9-7-17)33-14-21(27)29)22-24(30)19-13-16(3)5-10-20(19)34-25(22)26(28)31/h5-10,13,15,23H,4,11-12,14H2,1-3H3,(H2,27,29)/t23-/m1/s1. The zero-order valence-electron chi connectivity index (χ0n) is 19.5. The molecule has 2 N–H and O–H groups in total. The molecule has 2 amide bonds. The maximum atomic E-state index is 13.6. The van der Waals surface area contributed by atoms with E-state index in [0.717, 1.165) is 11.1 Å². The molecule has 1 aliphatic rings. The largest absolute Gasteiger partial charge is 0.484 e. The van der Waals surface area contributed by atoms with E-state index in [2.05, 4.69) is 0 Å². The number of ether oxygens (including phenoxy) is 2. The molecule has 2 heterocycles. The minimum atomic E-state index is -0.604. The van der Waals surface area contributed by atoms with Crippen molar-refractivity contribution in [2.45, 2.75) is 39.3 Å². The van der Waals surface area contributed by atoms with Crippen molar-refractivity contribution in [2.24, 2.45) is 5.73 Å². The Balaban J connectivity index is 1.75. The number of amides is 2. The van der Waals surface area contributed by atoms with Crippen molar-refractivity contribution in [3.63, 3.8) is 0 Å². The summed E-state index contributed by atoms with van der Waals surface area (Å²) < 4.78 is 17.0. The zero-order chi connectivity index (χ0) is 24.4. The van der Waals surface area contributed by atoms with Gasteiger partial charge in [-0.05, 0) is 57.0 Å². The Morgan fingerprint density at radius 3 is 2.56 bits per heavy atom. The molecule has 0 fully saturated rings. The summed E-state index contributed by atoms with van der Waals surface area (Å²) >= 11 is 0. The molecule has 178 valence electrons. The average Bonchev–Trinajstić information content (AvgIpc) is 3.08. The van der Waals surface area contributed by atoms with Gasteiger partial charge in [-0.1, -0.05) is 23.8 Å². The molecule has 3 aromatic rings. The topological polar surface area (TPSA) is 112 Å². The Morgan fingerprint density at radius 2 is 1.88 bits per heavy atom. The van der Waals surface area contributed by atoms with Gasteiger partial charge < -0.3 is 24.5 Å². The first kappa shape index (κ1) is 23.5. The summed E-state index contributed by atoms with van der Waals surface area (Å²) in [4.78, 5) is 39.6. The molecule has 1 atom stereocenters. The summed E-state index contributed by atoms with van der Waals surface area (Å²) in [5, 5.41) is 0.447. The van der Waals surface area contributed by atoms with Gasteiger partial charge in [-0.25, -0.2) is 0 Å². The van der Waals surface area contributed by atoms with E-state index in [9.17, 15) is 14.4 Å².